The second-order valence-corrected chi connectivity index (χ2v) is 6.64. The molecule has 5 N–H and O–H groups in total. The van der Waals surface area contributed by atoms with E-state index in [4.69, 9.17) is 17.3 Å². The average Bonchev–Trinajstić information content (AvgIpc) is 2.59. The van der Waals surface area contributed by atoms with Gasteiger partial charge in [-0.3, -0.25) is 9.59 Å². The van der Waals surface area contributed by atoms with E-state index in [1.54, 1.807) is 48.5 Å². The van der Waals surface area contributed by atoms with E-state index >= 15 is 0 Å². The Kier molecular flexibility index (Phi) is 6.79. The Morgan fingerprint density at radius 3 is 2.19 bits per heavy atom. The van der Waals surface area contributed by atoms with Crippen LogP contribution in [-0.4, -0.2) is 23.9 Å². The summed E-state index contributed by atoms with van der Waals surface area (Å²) in [6.45, 7) is 3.64. The molecule has 8 heteroatoms. The second-order valence-electron chi connectivity index (χ2n) is 6.23. The van der Waals surface area contributed by atoms with Crippen molar-refractivity contribution in [3.8, 4) is 0 Å². The van der Waals surface area contributed by atoms with Crippen LogP contribution in [0.3, 0.4) is 0 Å². The predicted octanol–water partition coefficient (Wildman–Crippen LogP) is 3.22. The van der Waals surface area contributed by atoms with E-state index in [1.807, 2.05) is 13.8 Å². The number of carbonyl (C=O) groups excluding carboxylic acids is 3. The van der Waals surface area contributed by atoms with Crippen LogP contribution < -0.4 is 21.7 Å². The van der Waals surface area contributed by atoms with Crippen molar-refractivity contribution in [3.05, 3.63) is 59.1 Å². The highest BCUT2D eigenvalue weighted by Gasteiger charge is 2.25. The van der Waals surface area contributed by atoms with Crippen molar-refractivity contribution in [2.24, 2.45) is 11.7 Å². The minimum absolute atomic E-state index is 0.164. The molecule has 27 heavy (non-hydrogen) atoms. The number of hydrogen-bond acceptors (Lipinski definition) is 3. The van der Waals surface area contributed by atoms with Gasteiger partial charge in [-0.15, -0.1) is 0 Å². The quantitative estimate of drug-likeness (QED) is 0.609. The maximum Gasteiger partial charge on any atom is 0.316 e. The Bertz CT molecular complexity index is 854. The van der Waals surface area contributed by atoms with Crippen LogP contribution in [0.1, 0.15) is 24.2 Å². The van der Waals surface area contributed by atoms with Gasteiger partial charge in [0.15, 0.2) is 0 Å². The lowest BCUT2D eigenvalue weighted by Crippen LogP contribution is -2.47. The summed E-state index contributed by atoms with van der Waals surface area (Å²) in [5.74, 6) is -0.983. The molecule has 142 valence electrons. The number of benzene rings is 2. The molecule has 4 amide bonds. The third kappa shape index (κ3) is 5.72. The molecule has 0 saturated heterocycles. The summed E-state index contributed by atoms with van der Waals surface area (Å²) in [5.41, 5.74) is 6.29. The third-order valence-electron chi connectivity index (χ3n) is 3.75. The number of primary amides is 1. The first-order valence-electron chi connectivity index (χ1n) is 8.30. The first-order valence-corrected chi connectivity index (χ1v) is 8.68. The Hall–Kier alpha value is -3.06. The molecule has 0 saturated carbocycles. The van der Waals surface area contributed by atoms with Crippen molar-refractivity contribution in [1.29, 1.82) is 0 Å². The summed E-state index contributed by atoms with van der Waals surface area (Å²) < 4.78 is 0. The first-order chi connectivity index (χ1) is 12.8. The van der Waals surface area contributed by atoms with Crippen LogP contribution in [0.4, 0.5) is 16.2 Å². The number of halogens is 1. The summed E-state index contributed by atoms with van der Waals surface area (Å²) in [4.78, 5) is 36.1. The fourth-order valence-corrected chi connectivity index (χ4v) is 2.66. The lowest BCUT2D eigenvalue weighted by Gasteiger charge is -2.22. The molecule has 1 atom stereocenters. The third-order valence-corrected chi connectivity index (χ3v) is 4.08. The topological polar surface area (TPSA) is 113 Å². The van der Waals surface area contributed by atoms with Crippen LogP contribution in [0.25, 0.3) is 0 Å². The van der Waals surface area contributed by atoms with Gasteiger partial charge in [0.25, 0.3) is 5.91 Å². The molecular formula is C19H21ClN4O3. The van der Waals surface area contributed by atoms with E-state index < -0.39 is 18.0 Å². The number of carbonyl (C=O) groups is 3. The number of amides is 4. The lowest BCUT2D eigenvalue weighted by atomic mass is 10.0. The molecule has 0 bridgehead atoms. The van der Waals surface area contributed by atoms with E-state index in [0.717, 1.165) is 0 Å². The van der Waals surface area contributed by atoms with Gasteiger partial charge >= 0.3 is 6.03 Å². The normalized spacial score (nSPS) is 11.6. The average molecular weight is 389 g/mol. The van der Waals surface area contributed by atoms with E-state index in [1.165, 1.54) is 0 Å². The van der Waals surface area contributed by atoms with E-state index in [0.29, 0.717) is 22.0 Å². The number of rotatable bonds is 6. The summed E-state index contributed by atoms with van der Waals surface area (Å²) in [5, 5.41) is 8.19. The molecule has 0 aliphatic carbocycles. The number of anilines is 2. The SMILES string of the molecule is CC(C)C(NC(=O)c1ccccc1Cl)C(=O)Nc1cccc(NC(N)=O)c1. The molecule has 2 aromatic rings. The minimum atomic E-state index is -0.776. The molecule has 7 nitrogen and oxygen atoms in total. The first kappa shape index (κ1) is 20.3. The molecule has 0 aromatic heterocycles. The van der Waals surface area contributed by atoms with Crippen molar-refractivity contribution >= 4 is 40.8 Å². The standard InChI is InChI=1S/C19H21ClN4O3/c1-11(2)16(24-17(25)14-8-3-4-9-15(14)20)18(26)22-12-6-5-7-13(10-12)23-19(21)27/h3-11,16H,1-2H3,(H,22,26)(H,24,25)(H3,21,23,27). The largest absolute Gasteiger partial charge is 0.351 e. The zero-order valence-corrected chi connectivity index (χ0v) is 15.7. The maximum absolute atomic E-state index is 12.7. The van der Waals surface area contributed by atoms with Crippen LogP contribution in [0.2, 0.25) is 5.02 Å². The van der Waals surface area contributed by atoms with Crippen molar-refractivity contribution in [3.63, 3.8) is 0 Å². The van der Waals surface area contributed by atoms with Crippen molar-refractivity contribution in [1.82, 2.24) is 5.32 Å². The van der Waals surface area contributed by atoms with E-state index in [2.05, 4.69) is 16.0 Å². The van der Waals surface area contributed by atoms with Gasteiger partial charge in [0.05, 0.1) is 10.6 Å². The molecule has 0 heterocycles. The molecule has 0 spiro atoms. The highest BCUT2D eigenvalue weighted by atomic mass is 35.5. The molecule has 2 rings (SSSR count). The molecule has 0 radical (unpaired) electrons. The molecule has 0 aliphatic heterocycles. The van der Waals surface area contributed by atoms with Crippen molar-refractivity contribution < 1.29 is 14.4 Å². The van der Waals surface area contributed by atoms with Crippen LogP contribution in [-0.2, 0) is 4.79 Å². The minimum Gasteiger partial charge on any atom is -0.351 e. The smallest absolute Gasteiger partial charge is 0.316 e. The van der Waals surface area contributed by atoms with Gasteiger partial charge in [-0.2, -0.15) is 0 Å². The van der Waals surface area contributed by atoms with Crippen molar-refractivity contribution in [2.45, 2.75) is 19.9 Å². The lowest BCUT2D eigenvalue weighted by molar-refractivity contribution is -0.118. The Morgan fingerprint density at radius 2 is 1.59 bits per heavy atom. The molecular weight excluding hydrogens is 368 g/mol. The van der Waals surface area contributed by atoms with Crippen LogP contribution in [0, 0.1) is 5.92 Å². The summed E-state index contributed by atoms with van der Waals surface area (Å²) in [7, 11) is 0. The van der Waals surface area contributed by atoms with Crippen LogP contribution >= 0.6 is 11.6 Å². The Morgan fingerprint density at radius 1 is 0.963 bits per heavy atom. The Balaban J connectivity index is 2.12. The van der Waals surface area contributed by atoms with Gasteiger partial charge in [-0.05, 0) is 36.2 Å². The fraction of sp³-hybridized carbons (Fsp3) is 0.211. The Labute approximate surface area is 162 Å². The number of hydrogen-bond donors (Lipinski definition) is 4. The van der Waals surface area contributed by atoms with Gasteiger partial charge in [0.2, 0.25) is 5.91 Å². The second kappa shape index (κ2) is 9.05. The summed E-state index contributed by atoms with van der Waals surface area (Å²) >= 11 is 6.04. The number of urea groups is 1. The summed E-state index contributed by atoms with van der Waals surface area (Å²) in [6, 6.07) is 11.7. The van der Waals surface area contributed by atoms with Crippen LogP contribution in [0.15, 0.2) is 48.5 Å². The molecule has 2 aromatic carbocycles. The van der Waals surface area contributed by atoms with Gasteiger partial charge in [-0.25, -0.2) is 4.79 Å². The van der Waals surface area contributed by atoms with Crippen LogP contribution in [0.5, 0.6) is 0 Å². The molecule has 0 aliphatic rings. The molecule has 0 fully saturated rings. The summed E-state index contributed by atoms with van der Waals surface area (Å²) in [6.07, 6.45) is 0. The monoisotopic (exact) mass is 388 g/mol. The predicted molar refractivity (Wildman–Crippen MR) is 106 cm³/mol. The fourth-order valence-electron chi connectivity index (χ4n) is 2.44. The highest BCUT2D eigenvalue weighted by molar-refractivity contribution is 6.33. The highest BCUT2D eigenvalue weighted by Crippen LogP contribution is 2.18. The van der Waals surface area contributed by atoms with E-state index in [-0.39, 0.29) is 11.8 Å². The number of nitrogens with two attached hydrogens (primary N) is 1. The van der Waals surface area contributed by atoms with Gasteiger partial charge in [-0.1, -0.05) is 43.6 Å². The van der Waals surface area contributed by atoms with Gasteiger partial charge in [0.1, 0.15) is 6.04 Å². The zero-order chi connectivity index (χ0) is 20.0. The van der Waals surface area contributed by atoms with Gasteiger partial charge < -0.3 is 21.7 Å². The van der Waals surface area contributed by atoms with Gasteiger partial charge in [0, 0.05) is 11.4 Å². The number of nitrogens with one attached hydrogen (secondary N) is 3. The van der Waals surface area contributed by atoms with E-state index in [9.17, 15) is 14.4 Å². The molecule has 1 unspecified atom stereocenters. The zero-order valence-electron chi connectivity index (χ0n) is 15.0. The maximum atomic E-state index is 12.7. The van der Waals surface area contributed by atoms with Crippen molar-refractivity contribution in [2.75, 3.05) is 10.6 Å².